The number of aryl methyl sites for hydroxylation is 2. The van der Waals surface area contributed by atoms with E-state index in [0.29, 0.717) is 0 Å². The molecule has 0 nitrogen and oxygen atoms in total. The van der Waals surface area contributed by atoms with Crippen LogP contribution in [0.4, 0.5) is 0 Å². The van der Waals surface area contributed by atoms with Crippen molar-refractivity contribution in [3.8, 4) is 0 Å². The van der Waals surface area contributed by atoms with Gasteiger partial charge >= 0.3 is 18.9 Å². The number of thiol groups is 1. The van der Waals surface area contributed by atoms with Crippen molar-refractivity contribution in [3.63, 3.8) is 0 Å². The topological polar surface area (TPSA) is 0 Å². The summed E-state index contributed by atoms with van der Waals surface area (Å²) < 4.78 is 0. The van der Waals surface area contributed by atoms with Gasteiger partial charge in [0.15, 0.2) is 0 Å². The standard InChI is InChI=1S/C8H10S.Li.H/c1-6-3-4-8(9)5-7(6)2;;/h3-5,9H,1-2H3;;. The van der Waals surface area contributed by atoms with Crippen molar-refractivity contribution in [2.45, 2.75) is 18.7 Å². The summed E-state index contributed by atoms with van der Waals surface area (Å²) in [6.45, 7) is 4.19. The molecule has 0 amide bonds. The van der Waals surface area contributed by atoms with Crippen LogP contribution in [-0.4, -0.2) is 18.9 Å². The summed E-state index contributed by atoms with van der Waals surface area (Å²) >= 11 is 4.20. The third-order valence-electron chi connectivity index (χ3n) is 1.49. The molecule has 0 unspecified atom stereocenters. The summed E-state index contributed by atoms with van der Waals surface area (Å²) in [6, 6.07) is 6.15. The quantitative estimate of drug-likeness (QED) is 0.419. The van der Waals surface area contributed by atoms with Gasteiger partial charge in [0.1, 0.15) is 0 Å². The predicted molar refractivity (Wildman–Crippen MR) is 50.3 cm³/mol. The molecule has 0 aliphatic rings. The number of benzene rings is 1. The molecule has 0 saturated carbocycles. The van der Waals surface area contributed by atoms with Crippen LogP contribution in [0.15, 0.2) is 23.1 Å². The number of hydrogen-bond acceptors (Lipinski definition) is 1. The molecule has 0 atom stereocenters. The summed E-state index contributed by atoms with van der Waals surface area (Å²) in [5.74, 6) is 0. The molecule has 10 heavy (non-hydrogen) atoms. The van der Waals surface area contributed by atoms with Crippen LogP contribution in [0.25, 0.3) is 0 Å². The Morgan fingerprint density at radius 2 is 1.70 bits per heavy atom. The van der Waals surface area contributed by atoms with Crippen molar-refractivity contribution in [1.29, 1.82) is 0 Å². The van der Waals surface area contributed by atoms with Crippen LogP contribution in [0.1, 0.15) is 11.1 Å². The molecule has 1 rings (SSSR count). The van der Waals surface area contributed by atoms with Crippen LogP contribution in [0.3, 0.4) is 0 Å². The molecule has 0 aliphatic carbocycles. The zero-order valence-corrected chi connectivity index (χ0v) is 6.57. The van der Waals surface area contributed by atoms with Gasteiger partial charge in [-0.15, -0.1) is 12.6 Å². The first-order valence-electron chi connectivity index (χ1n) is 2.96. The van der Waals surface area contributed by atoms with E-state index in [-0.39, 0.29) is 18.9 Å². The molecule has 0 saturated heterocycles. The first kappa shape index (κ1) is 10.2. The Balaban J connectivity index is 0.000000810. The summed E-state index contributed by atoms with van der Waals surface area (Å²) in [5, 5.41) is 0. The molecule has 1 aromatic rings. The van der Waals surface area contributed by atoms with E-state index in [1.165, 1.54) is 11.1 Å². The number of rotatable bonds is 0. The molecule has 0 aromatic heterocycles. The van der Waals surface area contributed by atoms with Crippen molar-refractivity contribution in [3.05, 3.63) is 29.3 Å². The van der Waals surface area contributed by atoms with Gasteiger partial charge in [-0.3, -0.25) is 0 Å². The van der Waals surface area contributed by atoms with Gasteiger partial charge in [0.2, 0.25) is 0 Å². The molecule has 0 N–H and O–H groups in total. The van der Waals surface area contributed by atoms with Gasteiger partial charge < -0.3 is 0 Å². The summed E-state index contributed by atoms with van der Waals surface area (Å²) in [5.41, 5.74) is 2.63. The van der Waals surface area contributed by atoms with E-state index in [2.05, 4.69) is 38.6 Å². The Kier molecular flexibility index (Phi) is 4.20. The second-order valence-electron chi connectivity index (χ2n) is 2.27. The fourth-order valence-electron chi connectivity index (χ4n) is 0.726. The van der Waals surface area contributed by atoms with Gasteiger partial charge in [0.25, 0.3) is 0 Å². The van der Waals surface area contributed by atoms with Crippen LogP contribution in [-0.2, 0) is 0 Å². The molecular formula is C8H11LiS. The normalized spacial score (nSPS) is 8.70. The van der Waals surface area contributed by atoms with Crippen molar-refractivity contribution >= 4 is 31.5 Å². The minimum atomic E-state index is 0. The maximum atomic E-state index is 4.20. The molecule has 0 heterocycles. The van der Waals surface area contributed by atoms with Gasteiger partial charge in [-0.05, 0) is 37.1 Å². The van der Waals surface area contributed by atoms with Crippen LogP contribution < -0.4 is 0 Å². The Morgan fingerprint density at radius 1 is 1.10 bits per heavy atom. The Hall–Kier alpha value is 0.167. The second-order valence-corrected chi connectivity index (χ2v) is 2.78. The summed E-state index contributed by atoms with van der Waals surface area (Å²) in [6.07, 6.45) is 0. The van der Waals surface area contributed by atoms with Gasteiger partial charge in [-0.1, -0.05) is 6.07 Å². The summed E-state index contributed by atoms with van der Waals surface area (Å²) in [4.78, 5) is 1.04. The van der Waals surface area contributed by atoms with Crippen molar-refractivity contribution in [1.82, 2.24) is 0 Å². The van der Waals surface area contributed by atoms with E-state index in [1.54, 1.807) is 0 Å². The van der Waals surface area contributed by atoms with Crippen LogP contribution >= 0.6 is 12.6 Å². The maximum absolute atomic E-state index is 4.20. The van der Waals surface area contributed by atoms with Crippen LogP contribution in [0, 0.1) is 13.8 Å². The van der Waals surface area contributed by atoms with Gasteiger partial charge in [-0.25, -0.2) is 0 Å². The first-order valence-corrected chi connectivity index (χ1v) is 3.41. The molecule has 1 aromatic carbocycles. The van der Waals surface area contributed by atoms with E-state index in [4.69, 9.17) is 0 Å². The van der Waals surface area contributed by atoms with E-state index in [0.717, 1.165) is 4.90 Å². The van der Waals surface area contributed by atoms with E-state index < -0.39 is 0 Å². The fraction of sp³-hybridized carbons (Fsp3) is 0.250. The molecular weight excluding hydrogens is 135 g/mol. The monoisotopic (exact) mass is 146 g/mol. The van der Waals surface area contributed by atoms with Crippen molar-refractivity contribution in [2.24, 2.45) is 0 Å². The van der Waals surface area contributed by atoms with Crippen LogP contribution in [0.2, 0.25) is 0 Å². The Morgan fingerprint density at radius 3 is 2.10 bits per heavy atom. The van der Waals surface area contributed by atoms with Gasteiger partial charge in [0, 0.05) is 4.90 Å². The number of hydrogen-bond donors (Lipinski definition) is 1. The zero-order valence-electron chi connectivity index (χ0n) is 5.68. The fourth-order valence-corrected chi connectivity index (χ4v) is 0.994. The van der Waals surface area contributed by atoms with Crippen molar-refractivity contribution in [2.75, 3.05) is 0 Å². The minimum absolute atomic E-state index is 0. The molecule has 0 bridgehead atoms. The van der Waals surface area contributed by atoms with E-state index in [1.807, 2.05) is 6.07 Å². The SMILES string of the molecule is Cc1ccc(S)cc1C.[LiH]. The summed E-state index contributed by atoms with van der Waals surface area (Å²) in [7, 11) is 0. The van der Waals surface area contributed by atoms with Crippen molar-refractivity contribution < 1.29 is 0 Å². The van der Waals surface area contributed by atoms with Gasteiger partial charge in [0.05, 0.1) is 0 Å². The molecule has 0 spiro atoms. The molecule has 50 valence electrons. The second kappa shape index (κ2) is 4.13. The Labute approximate surface area is 79.6 Å². The molecule has 0 radical (unpaired) electrons. The Bertz CT molecular complexity index is 220. The van der Waals surface area contributed by atoms with E-state index >= 15 is 0 Å². The van der Waals surface area contributed by atoms with E-state index in [9.17, 15) is 0 Å². The average molecular weight is 146 g/mol. The third kappa shape index (κ3) is 2.42. The third-order valence-corrected chi connectivity index (χ3v) is 1.77. The zero-order chi connectivity index (χ0) is 6.85. The predicted octanol–water partition coefficient (Wildman–Crippen LogP) is 1.94. The average Bonchev–Trinajstić information content (AvgIpc) is 1.80. The molecule has 2 heteroatoms. The molecule has 0 aliphatic heterocycles. The van der Waals surface area contributed by atoms with Gasteiger partial charge in [-0.2, -0.15) is 0 Å². The molecule has 0 fully saturated rings. The first-order chi connectivity index (χ1) is 4.20. The van der Waals surface area contributed by atoms with Crippen LogP contribution in [0.5, 0.6) is 0 Å².